The molecule has 0 saturated carbocycles. The molecule has 0 spiro atoms. The van der Waals surface area contributed by atoms with Crippen LogP contribution in [0.4, 0.5) is 5.69 Å². The maximum atomic E-state index is 12.3. The minimum absolute atomic E-state index is 0.194. The summed E-state index contributed by atoms with van der Waals surface area (Å²) in [6.07, 6.45) is 1.45. The molecule has 0 aliphatic heterocycles. The standard InChI is InChI=1S/C20H20N2O4S/c1-13-6-3-7-15(14(13)2)22-19(24)18(23)21-12-20(25,16-8-4-10-26-16)17-9-5-11-27-17/h3-11,25H,12H2,1-2H3,(H,21,23)(H,22,24). The number of anilines is 1. The minimum atomic E-state index is -1.55. The summed E-state index contributed by atoms with van der Waals surface area (Å²) >= 11 is 1.33. The van der Waals surface area contributed by atoms with E-state index in [9.17, 15) is 14.7 Å². The van der Waals surface area contributed by atoms with Crippen molar-refractivity contribution in [3.05, 3.63) is 75.9 Å². The first kappa shape index (κ1) is 18.9. The summed E-state index contributed by atoms with van der Waals surface area (Å²) in [5, 5.41) is 18.0. The average molecular weight is 384 g/mol. The van der Waals surface area contributed by atoms with Crippen molar-refractivity contribution < 1.29 is 19.1 Å². The number of aliphatic hydroxyl groups is 1. The molecule has 3 N–H and O–H groups in total. The maximum absolute atomic E-state index is 12.3. The highest BCUT2D eigenvalue weighted by Gasteiger charge is 2.36. The van der Waals surface area contributed by atoms with Crippen molar-refractivity contribution in [1.82, 2.24) is 5.32 Å². The molecule has 27 heavy (non-hydrogen) atoms. The molecule has 0 aliphatic carbocycles. The molecule has 1 unspecified atom stereocenters. The first-order chi connectivity index (χ1) is 12.9. The molecule has 2 aromatic heterocycles. The van der Waals surface area contributed by atoms with Crippen LogP contribution in [0.5, 0.6) is 0 Å². The molecule has 140 valence electrons. The van der Waals surface area contributed by atoms with Crippen LogP contribution in [0.15, 0.2) is 58.5 Å². The number of carbonyl (C=O) groups is 2. The van der Waals surface area contributed by atoms with Crippen LogP contribution in [0.25, 0.3) is 0 Å². The van der Waals surface area contributed by atoms with Gasteiger partial charge in [0.15, 0.2) is 5.60 Å². The van der Waals surface area contributed by atoms with Gasteiger partial charge in [0.25, 0.3) is 0 Å². The van der Waals surface area contributed by atoms with Gasteiger partial charge in [-0.25, -0.2) is 0 Å². The Morgan fingerprint density at radius 1 is 1.11 bits per heavy atom. The summed E-state index contributed by atoms with van der Waals surface area (Å²) in [6, 6.07) is 12.3. The smallest absolute Gasteiger partial charge is 0.313 e. The second kappa shape index (κ2) is 7.77. The molecule has 6 nitrogen and oxygen atoms in total. The number of thiophene rings is 1. The average Bonchev–Trinajstić information content (AvgIpc) is 3.37. The topological polar surface area (TPSA) is 91.6 Å². The van der Waals surface area contributed by atoms with Crippen molar-refractivity contribution >= 4 is 28.8 Å². The molecular weight excluding hydrogens is 364 g/mol. The summed E-state index contributed by atoms with van der Waals surface area (Å²) in [5.74, 6) is -1.34. The third-order valence-corrected chi connectivity index (χ3v) is 5.44. The Hall–Kier alpha value is -2.90. The third-order valence-electron chi connectivity index (χ3n) is 4.42. The molecule has 0 radical (unpaired) electrons. The first-order valence-electron chi connectivity index (χ1n) is 8.37. The Balaban J connectivity index is 1.71. The monoisotopic (exact) mass is 384 g/mol. The van der Waals surface area contributed by atoms with Crippen LogP contribution in [-0.4, -0.2) is 23.5 Å². The minimum Gasteiger partial charge on any atom is -0.466 e. The summed E-state index contributed by atoms with van der Waals surface area (Å²) in [4.78, 5) is 25.1. The highest BCUT2D eigenvalue weighted by molar-refractivity contribution is 7.10. The van der Waals surface area contributed by atoms with E-state index in [4.69, 9.17) is 4.42 Å². The molecule has 0 saturated heterocycles. The van der Waals surface area contributed by atoms with Gasteiger partial charge in [0, 0.05) is 10.6 Å². The lowest BCUT2D eigenvalue weighted by Gasteiger charge is -2.25. The summed E-state index contributed by atoms with van der Waals surface area (Å²) in [7, 11) is 0. The molecular formula is C20H20N2O4S. The Kier molecular flexibility index (Phi) is 5.43. The second-order valence-corrected chi connectivity index (χ2v) is 7.15. The van der Waals surface area contributed by atoms with Crippen molar-refractivity contribution in [2.24, 2.45) is 0 Å². The molecule has 0 bridgehead atoms. The fourth-order valence-corrected chi connectivity index (χ4v) is 3.51. The molecule has 1 aromatic carbocycles. The van der Waals surface area contributed by atoms with Crippen LogP contribution < -0.4 is 10.6 Å². The van der Waals surface area contributed by atoms with Gasteiger partial charge in [0.05, 0.1) is 12.8 Å². The van der Waals surface area contributed by atoms with Crippen molar-refractivity contribution in [2.45, 2.75) is 19.4 Å². The van der Waals surface area contributed by atoms with Gasteiger partial charge in [-0.2, -0.15) is 0 Å². The van der Waals surface area contributed by atoms with E-state index in [1.807, 2.05) is 31.4 Å². The van der Waals surface area contributed by atoms with Gasteiger partial charge in [-0.3, -0.25) is 9.59 Å². The van der Waals surface area contributed by atoms with Gasteiger partial charge in [0.1, 0.15) is 5.76 Å². The molecule has 2 amide bonds. The van der Waals surface area contributed by atoms with Gasteiger partial charge >= 0.3 is 11.8 Å². The first-order valence-corrected chi connectivity index (χ1v) is 9.25. The van der Waals surface area contributed by atoms with Crippen LogP contribution in [0, 0.1) is 13.8 Å². The van der Waals surface area contributed by atoms with E-state index < -0.39 is 17.4 Å². The normalized spacial score (nSPS) is 13.0. The maximum Gasteiger partial charge on any atom is 0.313 e. The fourth-order valence-electron chi connectivity index (χ4n) is 2.68. The predicted molar refractivity (Wildman–Crippen MR) is 104 cm³/mol. The van der Waals surface area contributed by atoms with Crippen molar-refractivity contribution in [3.63, 3.8) is 0 Å². The quantitative estimate of drug-likeness (QED) is 0.590. The number of benzene rings is 1. The molecule has 7 heteroatoms. The molecule has 0 fully saturated rings. The lowest BCUT2D eigenvalue weighted by molar-refractivity contribution is -0.136. The number of furan rings is 1. The number of amides is 2. The second-order valence-electron chi connectivity index (χ2n) is 6.20. The number of nitrogens with one attached hydrogen (secondary N) is 2. The van der Waals surface area contributed by atoms with Crippen LogP contribution in [0.1, 0.15) is 21.8 Å². The molecule has 2 heterocycles. The number of hydrogen-bond acceptors (Lipinski definition) is 5. The van der Waals surface area contributed by atoms with E-state index >= 15 is 0 Å². The van der Waals surface area contributed by atoms with Crippen LogP contribution in [0.3, 0.4) is 0 Å². The number of hydrogen-bond donors (Lipinski definition) is 3. The van der Waals surface area contributed by atoms with E-state index in [1.165, 1.54) is 17.6 Å². The Labute approximate surface area is 160 Å². The summed E-state index contributed by atoms with van der Waals surface area (Å²) in [6.45, 7) is 3.60. The molecule has 3 rings (SSSR count). The predicted octanol–water partition coefficient (Wildman–Crippen LogP) is 2.95. The lowest BCUT2D eigenvalue weighted by Crippen LogP contribution is -2.44. The molecule has 3 aromatic rings. The van der Waals surface area contributed by atoms with E-state index in [-0.39, 0.29) is 6.54 Å². The Morgan fingerprint density at radius 3 is 2.59 bits per heavy atom. The highest BCUT2D eigenvalue weighted by Crippen LogP contribution is 2.32. The third kappa shape index (κ3) is 3.94. The van der Waals surface area contributed by atoms with E-state index in [2.05, 4.69) is 10.6 Å². The van der Waals surface area contributed by atoms with E-state index in [0.29, 0.717) is 16.3 Å². The van der Waals surface area contributed by atoms with Crippen LogP contribution in [-0.2, 0) is 15.2 Å². The summed E-state index contributed by atoms with van der Waals surface area (Å²) in [5.41, 5.74) is 0.935. The van der Waals surface area contributed by atoms with Gasteiger partial charge in [-0.1, -0.05) is 18.2 Å². The molecule has 0 aliphatic rings. The van der Waals surface area contributed by atoms with E-state index in [0.717, 1.165) is 11.1 Å². The summed E-state index contributed by atoms with van der Waals surface area (Å²) < 4.78 is 5.34. The van der Waals surface area contributed by atoms with Gasteiger partial charge in [0.2, 0.25) is 0 Å². The van der Waals surface area contributed by atoms with Crippen LogP contribution >= 0.6 is 11.3 Å². The van der Waals surface area contributed by atoms with Crippen molar-refractivity contribution in [1.29, 1.82) is 0 Å². The van der Waals surface area contributed by atoms with Gasteiger partial charge in [-0.05, 0) is 54.6 Å². The number of rotatable bonds is 5. The Morgan fingerprint density at radius 2 is 1.93 bits per heavy atom. The lowest BCUT2D eigenvalue weighted by atomic mass is 9.98. The van der Waals surface area contributed by atoms with Gasteiger partial charge < -0.3 is 20.2 Å². The molecule has 1 atom stereocenters. The van der Waals surface area contributed by atoms with Crippen molar-refractivity contribution in [3.8, 4) is 0 Å². The van der Waals surface area contributed by atoms with Crippen LogP contribution in [0.2, 0.25) is 0 Å². The zero-order chi connectivity index (χ0) is 19.4. The van der Waals surface area contributed by atoms with Crippen molar-refractivity contribution in [2.75, 3.05) is 11.9 Å². The van der Waals surface area contributed by atoms with E-state index in [1.54, 1.807) is 30.3 Å². The zero-order valence-corrected chi connectivity index (χ0v) is 15.8. The Bertz CT molecular complexity index is 899. The number of aryl methyl sites for hydroxylation is 1. The van der Waals surface area contributed by atoms with Gasteiger partial charge in [-0.15, -0.1) is 11.3 Å². The zero-order valence-electron chi connectivity index (χ0n) is 15.0. The fraction of sp³-hybridized carbons (Fsp3) is 0.200. The largest absolute Gasteiger partial charge is 0.466 e. The number of carbonyl (C=O) groups excluding carboxylic acids is 2. The SMILES string of the molecule is Cc1cccc(NC(=O)C(=O)NCC(O)(c2ccco2)c2cccs2)c1C. The highest BCUT2D eigenvalue weighted by atomic mass is 32.1.